The van der Waals surface area contributed by atoms with Gasteiger partial charge in [-0.3, -0.25) is 0 Å². The lowest BCUT2D eigenvalue weighted by molar-refractivity contribution is 0.241. The highest BCUT2D eigenvalue weighted by Crippen LogP contribution is 2.34. The van der Waals surface area contributed by atoms with E-state index in [2.05, 4.69) is 22.2 Å². The van der Waals surface area contributed by atoms with Crippen molar-refractivity contribution in [2.75, 3.05) is 6.54 Å². The molecule has 1 atom stereocenters. The molecule has 1 unspecified atom stereocenters. The molecule has 0 saturated heterocycles. The van der Waals surface area contributed by atoms with Gasteiger partial charge in [0.1, 0.15) is 11.9 Å². The van der Waals surface area contributed by atoms with Crippen molar-refractivity contribution in [1.82, 2.24) is 0 Å². The zero-order valence-electron chi connectivity index (χ0n) is 9.72. The summed E-state index contributed by atoms with van der Waals surface area (Å²) in [5.74, 6) is 1.00. The Hall–Kier alpha value is -1.67. The topological polar surface area (TPSA) is 58.0 Å². The summed E-state index contributed by atoms with van der Waals surface area (Å²) in [5, 5.41) is 3.59. The molecule has 3 rings (SSSR count). The van der Waals surface area contributed by atoms with Crippen LogP contribution < -0.4 is 4.74 Å². The maximum absolute atomic E-state index is 8.32. The summed E-state index contributed by atoms with van der Waals surface area (Å²) >= 11 is 0. The Labute approximate surface area is 100 Å². The summed E-state index contributed by atoms with van der Waals surface area (Å²) in [6.07, 6.45) is 5.87. The number of azide groups is 1. The summed E-state index contributed by atoms with van der Waals surface area (Å²) in [4.78, 5) is 2.78. The van der Waals surface area contributed by atoms with Gasteiger partial charge >= 0.3 is 0 Å². The molecule has 17 heavy (non-hydrogen) atoms. The molecule has 0 fully saturated rings. The molecule has 0 radical (unpaired) electrons. The highest BCUT2D eigenvalue weighted by Gasteiger charge is 2.24. The van der Waals surface area contributed by atoms with Crippen molar-refractivity contribution in [1.29, 1.82) is 0 Å². The second kappa shape index (κ2) is 4.30. The fourth-order valence-electron chi connectivity index (χ4n) is 2.78. The minimum absolute atomic E-state index is 0.0322. The summed E-state index contributed by atoms with van der Waals surface area (Å²) in [6, 6.07) is 4.49. The van der Waals surface area contributed by atoms with Gasteiger partial charge in [0.25, 0.3) is 0 Å². The highest BCUT2D eigenvalue weighted by molar-refractivity contribution is 5.46. The van der Waals surface area contributed by atoms with E-state index in [4.69, 9.17) is 10.3 Å². The molecule has 88 valence electrons. The predicted octanol–water partition coefficient (Wildman–Crippen LogP) is 3.18. The predicted molar refractivity (Wildman–Crippen MR) is 65.2 cm³/mol. The van der Waals surface area contributed by atoms with E-state index in [0.29, 0.717) is 6.54 Å². The van der Waals surface area contributed by atoms with Crippen LogP contribution in [0.25, 0.3) is 10.4 Å². The van der Waals surface area contributed by atoms with Gasteiger partial charge in [-0.1, -0.05) is 11.2 Å². The van der Waals surface area contributed by atoms with Gasteiger partial charge in [-0.25, -0.2) is 0 Å². The molecule has 0 spiro atoms. The van der Waals surface area contributed by atoms with E-state index in [1.165, 1.54) is 42.4 Å². The molecule has 1 aliphatic carbocycles. The lowest BCUT2D eigenvalue weighted by Crippen LogP contribution is -2.16. The van der Waals surface area contributed by atoms with Crippen LogP contribution in [0.4, 0.5) is 0 Å². The summed E-state index contributed by atoms with van der Waals surface area (Å²) < 4.78 is 5.81. The average Bonchev–Trinajstić information content (AvgIpc) is 2.75. The van der Waals surface area contributed by atoms with E-state index < -0.39 is 0 Å². The van der Waals surface area contributed by atoms with E-state index >= 15 is 0 Å². The molecule has 0 amide bonds. The maximum atomic E-state index is 8.32. The van der Waals surface area contributed by atoms with Crippen LogP contribution in [0.2, 0.25) is 0 Å². The Morgan fingerprint density at radius 3 is 2.76 bits per heavy atom. The number of nitrogens with zero attached hydrogens (tertiary/aromatic N) is 3. The van der Waals surface area contributed by atoms with Gasteiger partial charge in [0.15, 0.2) is 0 Å². The SMILES string of the molecule is [N-]=[N+]=NCC1Cc2cc3c(cc2O1)CCCC3. The average molecular weight is 229 g/mol. The number of ether oxygens (including phenoxy) is 1. The number of fused-ring (bicyclic) bond motifs is 2. The van der Waals surface area contributed by atoms with Gasteiger partial charge < -0.3 is 4.74 Å². The van der Waals surface area contributed by atoms with Crippen LogP contribution in [0.3, 0.4) is 0 Å². The molecule has 4 nitrogen and oxygen atoms in total. The van der Waals surface area contributed by atoms with Crippen LogP contribution in [0, 0.1) is 0 Å². The lowest BCUT2D eigenvalue weighted by atomic mass is 9.89. The first-order valence-corrected chi connectivity index (χ1v) is 6.19. The van der Waals surface area contributed by atoms with Crippen molar-refractivity contribution in [3.8, 4) is 5.75 Å². The van der Waals surface area contributed by atoms with Crippen LogP contribution in [0.5, 0.6) is 5.75 Å². The Morgan fingerprint density at radius 1 is 1.24 bits per heavy atom. The first-order valence-electron chi connectivity index (χ1n) is 6.19. The van der Waals surface area contributed by atoms with Crippen molar-refractivity contribution in [3.05, 3.63) is 39.3 Å². The van der Waals surface area contributed by atoms with E-state index in [9.17, 15) is 0 Å². The van der Waals surface area contributed by atoms with Gasteiger partial charge in [0.05, 0.1) is 6.54 Å². The summed E-state index contributed by atoms with van der Waals surface area (Å²) in [5.41, 5.74) is 12.5. The second-order valence-corrected chi connectivity index (χ2v) is 4.79. The third-order valence-corrected chi connectivity index (χ3v) is 3.61. The Kier molecular flexibility index (Phi) is 2.65. The van der Waals surface area contributed by atoms with Crippen molar-refractivity contribution >= 4 is 0 Å². The minimum Gasteiger partial charge on any atom is -0.490 e. The van der Waals surface area contributed by atoms with Crippen molar-refractivity contribution in [3.63, 3.8) is 0 Å². The molecule has 2 aliphatic rings. The van der Waals surface area contributed by atoms with Crippen LogP contribution in [-0.2, 0) is 19.3 Å². The van der Waals surface area contributed by atoms with Crippen molar-refractivity contribution in [2.45, 2.75) is 38.2 Å². The van der Waals surface area contributed by atoms with Crippen LogP contribution in [-0.4, -0.2) is 12.6 Å². The van der Waals surface area contributed by atoms with Gasteiger partial charge in [-0.2, -0.15) is 0 Å². The third-order valence-electron chi connectivity index (χ3n) is 3.61. The molecule has 0 saturated carbocycles. The quantitative estimate of drug-likeness (QED) is 0.436. The second-order valence-electron chi connectivity index (χ2n) is 4.79. The van der Waals surface area contributed by atoms with Gasteiger partial charge in [0.2, 0.25) is 0 Å². The number of hydrogen-bond donors (Lipinski definition) is 0. The standard InChI is InChI=1S/C13H15N3O/c14-16-15-8-12-6-11-5-9-3-1-2-4-10(9)7-13(11)17-12/h5,7,12H,1-4,6,8H2. The Balaban J connectivity index is 1.85. The fraction of sp³-hybridized carbons (Fsp3) is 0.538. The largest absolute Gasteiger partial charge is 0.490 e. The molecule has 1 heterocycles. The molecular formula is C13H15N3O. The first kappa shape index (κ1) is 10.5. The van der Waals surface area contributed by atoms with Crippen LogP contribution >= 0.6 is 0 Å². The Morgan fingerprint density at radius 2 is 2.00 bits per heavy atom. The van der Waals surface area contributed by atoms with E-state index in [-0.39, 0.29) is 6.10 Å². The molecule has 0 aromatic heterocycles. The number of rotatable bonds is 2. The van der Waals surface area contributed by atoms with Crippen molar-refractivity contribution in [2.24, 2.45) is 5.11 Å². The van der Waals surface area contributed by atoms with Crippen LogP contribution in [0.15, 0.2) is 17.2 Å². The monoisotopic (exact) mass is 229 g/mol. The Bertz CT molecular complexity index is 457. The fourth-order valence-corrected chi connectivity index (χ4v) is 2.78. The van der Waals surface area contributed by atoms with E-state index in [1.54, 1.807) is 0 Å². The van der Waals surface area contributed by atoms with Gasteiger partial charge in [-0.15, -0.1) is 0 Å². The maximum Gasteiger partial charge on any atom is 0.123 e. The number of aryl methyl sites for hydroxylation is 2. The number of hydrogen-bond acceptors (Lipinski definition) is 2. The molecule has 4 heteroatoms. The highest BCUT2D eigenvalue weighted by atomic mass is 16.5. The zero-order chi connectivity index (χ0) is 11.7. The van der Waals surface area contributed by atoms with Crippen molar-refractivity contribution < 1.29 is 4.74 Å². The minimum atomic E-state index is 0.0322. The molecular weight excluding hydrogens is 214 g/mol. The van der Waals surface area contributed by atoms with E-state index in [1.807, 2.05) is 0 Å². The molecule has 1 aromatic rings. The van der Waals surface area contributed by atoms with Crippen LogP contribution in [0.1, 0.15) is 29.5 Å². The molecule has 0 N–H and O–H groups in total. The number of benzene rings is 1. The first-order chi connectivity index (χ1) is 8.36. The van der Waals surface area contributed by atoms with Gasteiger partial charge in [0, 0.05) is 11.3 Å². The van der Waals surface area contributed by atoms with Gasteiger partial charge in [-0.05, 0) is 54.0 Å². The normalized spacial score (nSPS) is 21.1. The molecule has 0 bridgehead atoms. The van der Waals surface area contributed by atoms with E-state index in [0.717, 1.165) is 12.2 Å². The summed E-state index contributed by atoms with van der Waals surface area (Å²) in [7, 11) is 0. The molecule has 1 aromatic carbocycles. The smallest absolute Gasteiger partial charge is 0.123 e. The zero-order valence-corrected chi connectivity index (χ0v) is 9.72. The summed E-state index contributed by atoms with van der Waals surface area (Å²) in [6.45, 7) is 0.426. The third kappa shape index (κ3) is 1.96. The molecule has 1 aliphatic heterocycles. The lowest BCUT2D eigenvalue weighted by Gasteiger charge is -2.16.